The first-order chi connectivity index (χ1) is 20.2. The molecule has 9 nitrogen and oxygen atoms in total. The van der Waals surface area contributed by atoms with E-state index < -0.39 is 18.2 Å². The Hall–Kier alpha value is -4.74. The van der Waals surface area contributed by atoms with Gasteiger partial charge >= 0.3 is 6.36 Å². The fourth-order valence-corrected chi connectivity index (χ4v) is 5.33. The molecule has 4 aromatic rings. The van der Waals surface area contributed by atoms with Crippen LogP contribution in [0.5, 0.6) is 5.75 Å². The van der Waals surface area contributed by atoms with Crippen LogP contribution in [-0.4, -0.2) is 50.7 Å². The van der Waals surface area contributed by atoms with Crippen LogP contribution in [0.2, 0.25) is 0 Å². The van der Waals surface area contributed by atoms with Crippen LogP contribution in [0.3, 0.4) is 0 Å². The minimum atomic E-state index is -4.76. The van der Waals surface area contributed by atoms with E-state index in [1.807, 2.05) is 48.5 Å². The highest BCUT2D eigenvalue weighted by Crippen LogP contribution is 2.34. The standard InChI is InChI=1S/C30H29F3N6O3/c1-39(18-20-9-13-21(14-10-20)23-5-2-3-6-24(23)27-35-37-38-36-27)29(41)26-8-4-7-25(26)28(40)34-17-19-11-15-22(16-12-19)42-30(31,32)33/h2-3,5-6,9-16,25-26H,4,7-8,17-18H2,1H3,(H,34,40)(H,35,36,37,38)/t25-,26-/m1/s1. The quantitative estimate of drug-likeness (QED) is 0.285. The molecule has 218 valence electrons. The third-order valence-corrected chi connectivity index (χ3v) is 7.37. The van der Waals surface area contributed by atoms with Crippen molar-refractivity contribution < 1.29 is 27.5 Å². The molecular formula is C30H29F3N6O3. The molecule has 1 aromatic heterocycles. The van der Waals surface area contributed by atoms with E-state index in [0.717, 1.165) is 28.7 Å². The van der Waals surface area contributed by atoms with Gasteiger partial charge in [-0.05, 0) is 52.4 Å². The Morgan fingerprint density at radius 2 is 1.62 bits per heavy atom. The minimum Gasteiger partial charge on any atom is -0.406 e. The van der Waals surface area contributed by atoms with Crippen LogP contribution in [-0.2, 0) is 22.7 Å². The summed E-state index contributed by atoms with van der Waals surface area (Å²) in [5.41, 5.74) is 4.36. The molecule has 1 aliphatic carbocycles. The van der Waals surface area contributed by atoms with Gasteiger partial charge in [-0.1, -0.05) is 67.1 Å². The number of aromatic amines is 1. The maximum Gasteiger partial charge on any atom is 0.573 e. The molecule has 2 amide bonds. The van der Waals surface area contributed by atoms with Gasteiger partial charge in [0.15, 0.2) is 0 Å². The number of carbonyl (C=O) groups excluding carboxylic acids is 2. The second kappa shape index (κ2) is 12.4. The Kier molecular flexibility index (Phi) is 8.51. The topological polar surface area (TPSA) is 113 Å². The number of benzene rings is 3. The molecule has 1 fully saturated rings. The van der Waals surface area contributed by atoms with Crippen LogP contribution < -0.4 is 10.1 Å². The lowest BCUT2D eigenvalue weighted by molar-refractivity contribution is -0.274. The highest BCUT2D eigenvalue weighted by molar-refractivity contribution is 5.88. The van der Waals surface area contributed by atoms with E-state index in [0.29, 0.717) is 30.8 Å². The largest absolute Gasteiger partial charge is 0.573 e. The van der Waals surface area contributed by atoms with E-state index in [1.165, 1.54) is 24.3 Å². The van der Waals surface area contributed by atoms with Gasteiger partial charge in [0, 0.05) is 37.5 Å². The van der Waals surface area contributed by atoms with Crippen LogP contribution in [0, 0.1) is 11.8 Å². The molecule has 0 radical (unpaired) electrons. The molecular weight excluding hydrogens is 549 g/mol. The van der Waals surface area contributed by atoms with Crippen molar-refractivity contribution in [1.29, 1.82) is 0 Å². The van der Waals surface area contributed by atoms with E-state index in [2.05, 4.69) is 30.7 Å². The molecule has 0 bridgehead atoms. The van der Waals surface area contributed by atoms with Gasteiger partial charge in [0.25, 0.3) is 0 Å². The number of rotatable bonds is 9. The first kappa shape index (κ1) is 28.8. The van der Waals surface area contributed by atoms with Gasteiger partial charge in [0.2, 0.25) is 17.6 Å². The maximum atomic E-state index is 13.4. The van der Waals surface area contributed by atoms with Crippen molar-refractivity contribution in [2.45, 2.75) is 38.7 Å². The van der Waals surface area contributed by atoms with E-state index in [-0.39, 0.29) is 24.1 Å². The Bertz CT molecular complexity index is 1510. The van der Waals surface area contributed by atoms with Crippen LogP contribution in [0.4, 0.5) is 13.2 Å². The predicted octanol–water partition coefficient (Wildman–Crippen LogP) is 5.12. The molecule has 1 heterocycles. The summed E-state index contributed by atoms with van der Waals surface area (Å²) in [7, 11) is 1.74. The van der Waals surface area contributed by atoms with Gasteiger partial charge in [-0.15, -0.1) is 23.4 Å². The number of halogens is 3. The number of H-pyrrole nitrogens is 1. The second-order valence-corrected chi connectivity index (χ2v) is 10.2. The van der Waals surface area contributed by atoms with Crippen LogP contribution in [0.1, 0.15) is 30.4 Å². The van der Waals surface area contributed by atoms with Gasteiger partial charge in [-0.25, -0.2) is 0 Å². The summed E-state index contributed by atoms with van der Waals surface area (Å²) >= 11 is 0. The summed E-state index contributed by atoms with van der Waals surface area (Å²) in [5.74, 6) is -1.04. The highest BCUT2D eigenvalue weighted by Gasteiger charge is 2.39. The summed E-state index contributed by atoms with van der Waals surface area (Å²) in [4.78, 5) is 28.0. The third kappa shape index (κ3) is 6.93. The summed E-state index contributed by atoms with van der Waals surface area (Å²) in [5, 5.41) is 17.1. The lowest BCUT2D eigenvalue weighted by Gasteiger charge is -2.25. The normalized spacial score (nSPS) is 16.7. The average Bonchev–Trinajstić information content (AvgIpc) is 3.69. The van der Waals surface area contributed by atoms with E-state index in [4.69, 9.17) is 0 Å². The van der Waals surface area contributed by atoms with E-state index >= 15 is 0 Å². The lowest BCUT2D eigenvalue weighted by atomic mass is 9.93. The molecule has 3 aromatic carbocycles. The van der Waals surface area contributed by atoms with Gasteiger partial charge in [0.05, 0.1) is 0 Å². The molecule has 1 aliphatic rings. The van der Waals surface area contributed by atoms with Gasteiger partial charge in [-0.3, -0.25) is 9.59 Å². The molecule has 2 N–H and O–H groups in total. The average molecular weight is 579 g/mol. The number of carbonyl (C=O) groups is 2. The minimum absolute atomic E-state index is 0.0900. The van der Waals surface area contributed by atoms with Crippen molar-refractivity contribution in [2.24, 2.45) is 11.8 Å². The van der Waals surface area contributed by atoms with Crippen molar-refractivity contribution in [1.82, 2.24) is 30.8 Å². The third-order valence-electron chi connectivity index (χ3n) is 7.37. The number of tetrazole rings is 1. The molecule has 0 unspecified atom stereocenters. The van der Waals surface area contributed by atoms with Crippen molar-refractivity contribution >= 4 is 11.8 Å². The molecule has 42 heavy (non-hydrogen) atoms. The van der Waals surface area contributed by atoms with E-state index in [1.54, 1.807) is 11.9 Å². The number of nitrogens with zero attached hydrogens (tertiary/aromatic N) is 4. The Morgan fingerprint density at radius 3 is 2.29 bits per heavy atom. The van der Waals surface area contributed by atoms with E-state index in [9.17, 15) is 22.8 Å². The van der Waals surface area contributed by atoms with Crippen LogP contribution >= 0.6 is 0 Å². The van der Waals surface area contributed by atoms with Gasteiger partial charge in [0.1, 0.15) is 5.75 Å². The summed E-state index contributed by atoms with van der Waals surface area (Å²) in [6.07, 6.45) is -2.78. The molecule has 2 atom stereocenters. The summed E-state index contributed by atoms with van der Waals surface area (Å²) < 4.78 is 41.0. The fraction of sp³-hybridized carbons (Fsp3) is 0.300. The number of nitrogens with one attached hydrogen (secondary N) is 2. The predicted molar refractivity (Wildman–Crippen MR) is 147 cm³/mol. The summed E-state index contributed by atoms with van der Waals surface area (Å²) in [6.45, 7) is 0.531. The van der Waals surface area contributed by atoms with Crippen molar-refractivity contribution in [2.75, 3.05) is 7.05 Å². The van der Waals surface area contributed by atoms with Crippen LogP contribution in [0.25, 0.3) is 22.5 Å². The van der Waals surface area contributed by atoms with Crippen molar-refractivity contribution in [3.63, 3.8) is 0 Å². The smallest absolute Gasteiger partial charge is 0.406 e. The molecule has 0 spiro atoms. The van der Waals surface area contributed by atoms with Gasteiger partial charge < -0.3 is 15.0 Å². The summed E-state index contributed by atoms with van der Waals surface area (Å²) in [6, 6.07) is 21.0. The van der Waals surface area contributed by atoms with Crippen molar-refractivity contribution in [3.8, 4) is 28.3 Å². The Balaban J connectivity index is 1.17. The number of amides is 2. The number of hydrogen-bond donors (Lipinski definition) is 2. The van der Waals surface area contributed by atoms with Crippen molar-refractivity contribution in [3.05, 3.63) is 83.9 Å². The molecule has 12 heteroatoms. The molecule has 1 saturated carbocycles. The SMILES string of the molecule is CN(Cc1ccc(-c2ccccc2-c2nn[nH]n2)cc1)C(=O)[C@@H]1CCC[C@H]1C(=O)NCc1ccc(OC(F)(F)F)cc1. The number of ether oxygens (including phenoxy) is 1. The first-order valence-electron chi connectivity index (χ1n) is 13.5. The molecule has 0 saturated heterocycles. The zero-order valence-electron chi connectivity index (χ0n) is 22.8. The number of aromatic nitrogens is 4. The number of hydrogen-bond acceptors (Lipinski definition) is 6. The Morgan fingerprint density at radius 1 is 0.952 bits per heavy atom. The van der Waals surface area contributed by atoms with Crippen LogP contribution in [0.15, 0.2) is 72.8 Å². The maximum absolute atomic E-state index is 13.4. The zero-order valence-corrected chi connectivity index (χ0v) is 22.8. The second-order valence-electron chi connectivity index (χ2n) is 10.2. The molecule has 0 aliphatic heterocycles. The fourth-order valence-electron chi connectivity index (χ4n) is 5.33. The zero-order chi connectivity index (χ0) is 29.7. The molecule has 5 rings (SSSR count). The Labute approximate surface area is 240 Å². The first-order valence-corrected chi connectivity index (χ1v) is 13.5. The van der Waals surface area contributed by atoms with Gasteiger partial charge in [-0.2, -0.15) is 5.21 Å². The monoisotopic (exact) mass is 578 g/mol. The highest BCUT2D eigenvalue weighted by atomic mass is 19.4. The lowest BCUT2D eigenvalue weighted by Crippen LogP contribution is -2.40. The number of alkyl halides is 3.